The molecule has 6 aromatic carbocycles. The zero-order chi connectivity index (χ0) is 48.2. The Morgan fingerprint density at radius 2 is 0.838 bits per heavy atom. The van der Waals surface area contributed by atoms with E-state index in [0.717, 1.165) is 12.1 Å². The van der Waals surface area contributed by atoms with E-state index in [0.29, 0.717) is 17.1 Å². The average molecular weight is 957 g/mol. The maximum absolute atomic E-state index is 13.9. The van der Waals surface area contributed by atoms with Gasteiger partial charge in [0.15, 0.2) is 23.1 Å². The normalized spacial score (nSPS) is 13.2. The van der Waals surface area contributed by atoms with Crippen molar-refractivity contribution in [2.24, 2.45) is 0 Å². The molecule has 1 heterocycles. The van der Waals surface area contributed by atoms with Crippen LogP contribution in [-0.2, 0) is 10.1 Å². The molecule has 14 N–H and O–H groups in total. The summed E-state index contributed by atoms with van der Waals surface area (Å²) in [4.78, 5) is 67.0. The molecule has 0 amide bonds. The minimum atomic E-state index is -4.97. The van der Waals surface area contributed by atoms with Crippen LogP contribution in [0.3, 0.4) is 0 Å². The predicted octanol–water partition coefficient (Wildman–Crippen LogP) is 6.79. The molecule has 9 rings (SSSR count). The van der Waals surface area contributed by atoms with Crippen LogP contribution in [0.25, 0.3) is 0 Å². The van der Waals surface area contributed by atoms with E-state index in [4.69, 9.17) is 11.5 Å². The number of nitrogens with zero attached hydrogens (tertiary/aromatic N) is 3. The lowest BCUT2D eigenvalue weighted by molar-refractivity contribution is 0.0980. The lowest BCUT2D eigenvalue weighted by atomic mass is 9.82. The molecule has 0 fully saturated rings. The molecule has 0 aliphatic heterocycles. The topological polar surface area (TPSA) is 354 Å². The van der Waals surface area contributed by atoms with Gasteiger partial charge in [0, 0.05) is 51.5 Å². The molecule has 2 aliphatic rings. The molecule has 344 valence electrons. The summed E-state index contributed by atoms with van der Waals surface area (Å²) in [6.07, 6.45) is 0. The number of carbonyl (C=O) groups excluding carboxylic acids is 4. The summed E-state index contributed by atoms with van der Waals surface area (Å²) >= 11 is 0. The molecular formula is C45H36N10O11S2. The number of nitrogens with two attached hydrogens (primary N) is 2. The largest absolute Gasteiger partial charge is 0.397 e. The SMILES string of the molecule is Nc1c(S(O)(O)O)cc(Nc2cccc(Nc3nc(NCCO)nc(Nc4cccc(Nc5cc(S(=O)(=O)O)c(N)c6c5C(=O)c5ccccc5C6=O)c4)n3)c2)c2c1C(=O)c1ccccc1C2=O. The van der Waals surface area contributed by atoms with Crippen molar-refractivity contribution in [3.8, 4) is 0 Å². The van der Waals surface area contributed by atoms with E-state index in [1.54, 1.807) is 72.8 Å². The maximum atomic E-state index is 13.9. The van der Waals surface area contributed by atoms with Gasteiger partial charge in [-0.15, -0.1) is 0 Å². The molecule has 0 radical (unpaired) electrons. The Hall–Kier alpha value is -8.29. The molecule has 0 saturated heterocycles. The first kappa shape index (κ1) is 44.9. The van der Waals surface area contributed by atoms with Crippen molar-refractivity contribution >= 4 is 107 Å². The van der Waals surface area contributed by atoms with Gasteiger partial charge >= 0.3 is 0 Å². The second-order valence-corrected chi connectivity index (χ2v) is 18.1. The molecular weight excluding hydrogens is 921 g/mol. The van der Waals surface area contributed by atoms with Crippen LogP contribution in [0.4, 0.5) is 63.3 Å². The third-order valence-corrected chi connectivity index (χ3v) is 12.6. The summed E-state index contributed by atoms with van der Waals surface area (Å²) in [5.74, 6) is -2.52. The summed E-state index contributed by atoms with van der Waals surface area (Å²) < 4.78 is 65.9. The molecule has 1 aromatic heterocycles. The van der Waals surface area contributed by atoms with E-state index in [1.807, 2.05) is 0 Å². The fourth-order valence-electron chi connectivity index (χ4n) is 7.88. The van der Waals surface area contributed by atoms with Gasteiger partial charge in [-0.05, 0) is 48.5 Å². The number of nitrogens with one attached hydrogen (secondary N) is 5. The lowest BCUT2D eigenvalue weighted by Gasteiger charge is -2.28. The smallest absolute Gasteiger partial charge is 0.296 e. The summed E-state index contributed by atoms with van der Waals surface area (Å²) in [5, 5.41) is 24.6. The van der Waals surface area contributed by atoms with Crippen LogP contribution in [0.5, 0.6) is 0 Å². The summed E-state index contributed by atoms with van der Waals surface area (Å²) in [6, 6.07) is 27.0. The lowest BCUT2D eigenvalue weighted by Crippen LogP contribution is -2.25. The van der Waals surface area contributed by atoms with Gasteiger partial charge in [0.05, 0.1) is 56.5 Å². The van der Waals surface area contributed by atoms with E-state index < -0.39 is 65.3 Å². The standard InChI is InChI=1S/C45H36N10O11S2/c46-37-31(67(61,62)63)19-29(33-35(37)41(59)27-13-3-1-11-25(27)39(33)57)49-21-7-5-9-23(17-21)51-44-53-43(48-15-16-56)54-45(55-44)52-24-10-6-8-22(18-24)50-30-20-32(68(64,65)66)38(47)36-34(30)40(58)26-12-2-4-14-28(26)42(36)60/h1-14,17-20,49-50,56,61-63H,15-16,46-47H2,(H,64,65,66)(H3,48,51,52,53,54,55). The maximum Gasteiger partial charge on any atom is 0.296 e. The number of carbonyl (C=O) groups is 4. The second kappa shape index (κ2) is 17.2. The number of hydrogen-bond donors (Lipinski definition) is 12. The van der Waals surface area contributed by atoms with Crippen LogP contribution < -0.4 is 38.1 Å². The highest BCUT2D eigenvalue weighted by molar-refractivity contribution is 8.19. The third kappa shape index (κ3) is 8.28. The van der Waals surface area contributed by atoms with Crippen LogP contribution in [0.1, 0.15) is 63.7 Å². The predicted molar refractivity (Wildman–Crippen MR) is 253 cm³/mol. The summed E-state index contributed by atoms with van der Waals surface area (Å²) in [7, 11) is -9.45. The van der Waals surface area contributed by atoms with Crippen molar-refractivity contribution in [1.82, 2.24) is 15.0 Å². The van der Waals surface area contributed by atoms with E-state index in [2.05, 4.69) is 41.5 Å². The quantitative estimate of drug-likeness (QED) is 0.0417. The first-order valence-electron chi connectivity index (χ1n) is 20.1. The minimum Gasteiger partial charge on any atom is -0.397 e. The highest BCUT2D eigenvalue weighted by Gasteiger charge is 2.38. The minimum absolute atomic E-state index is 0.0113. The van der Waals surface area contributed by atoms with Crippen molar-refractivity contribution in [2.75, 3.05) is 51.2 Å². The number of ketones is 4. The Labute approximate surface area is 386 Å². The van der Waals surface area contributed by atoms with Crippen LogP contribution in [0.2, 0.25) is 0 Å². The molecule has 68 heavy (non-hydrogen) atoms. The van der Waals surface area contributed by atoms with Crippen molar-refractivity contribution < 1.29 is 50.9 Å². The Bertz CT molecular complexity index is 3440. The Morgan fingerprint density at radius 3 is 1.24 bits per heavy atom. The van der Waals surface area contributed by atoms with Gasteiger partial charge in [0.1, 0.15) is 15.8 Å². The summed E-state index contributed by atoms with van der Waals surface area (Å²) in [6.45, 7) is -0.211. The first-order chi connectivity index (χ1) is 32.4. The highest BCUT2D eigenvalue weighted by Crippen LogP contribution is 2.52. The summed E-state index contributed by atoms with van der Waals surface area (Å²) in [5.41, 5.74) is 11.7. The van der Waals surface area contributed by atoms with Crippen LogP contribution in [0.15, 0.2) is 119 Å². The molecule has 0 spiro atoms. The van der Waals surface area contributed by atoms with Gasteiger partial charge in [-0.2, -0.15) is 23.4 Å². The number of nitrogen functional groups attached to an aromatic ring is 2. The number of benzene rings is 6. The fraction of sp³-hybridized carbons (Fsp3) is 0.0444. The van der Waals surface area contributed by atoms with Crippen molar-refractivity contribution in [3.63, 3.8) is 0 Å². The van der Waals surface area contributed by atoms with Crippen molar-refractivity contribution in [1.29, 1.82) is 0 Å². The number of aliphatic hydroxyl groups is 1. The van der Waals surface area contributed by atoms with E-state index in [9.17, 15) is 50.9 Å². The third-order valence-electron chi connectivity index (χ3n) is 10.8. The van der Waals surface area contributed by atoms with Gasteiger partial charge < -0.3 is 56.8 Å². The molecule has 2 aliphatic carbocycles. The zero-order valence-electron chi connectivity index (χ0n) is 34.8. The van der Waals surface area contributed by atoms with Crippen LogP contribution >= 0.6 is 10.9 Å². The van der Waals surface area contributed by atoms with Crippen LogP contribution in [0, 0.1) is 0 Å². The highest BCUT2D eigenvalue weighted by atomic mass is 32.3. The molecule has 0 saturated carbocycles. The fourth-order valence-corrected chi connectivity index (χ4v) is 9.20. The first-order valence-corrected chi connectivity index (χ1v) is 23.0. The number of hydrogen-bond acceptors (Lipinski definition) is 20. The van der Waals surface area contributed by atoms with E-state index >= 15 is 0 Å². The van der Waals surface area contributed by atoms with Gasteiger partial charge in [0.25, 0.3) is 10.1 Å². The van der Waals surface area contributed by atoms with Crippen LogP contribution in [-0.4, -0.2) is 83.0 Å². The molecule has 0 bridgehead atoms. The number of fused-ring (bicyclic) bond motifs is 4. The molecule has 23 heteroatoms. The Balaban J connectivity index is 1.02. The van der Waals surface area contributed by atoms with Gasteiger partial charge in [-0.1, -0.05) is 60.7 Å². The Morgan fingerprint density at radius 1 is 0.471 bits per heavy atom. The van der Waals surface area contributed by atoms with E-state index in [-0.39, 0.29) is 92.6 Å². The Kier molecular flexibility index (Phi) is 11.3. The number of aliphatic hydroxyl groups excluding tert-OH is 1. The molecule has 7 aromatic rings. The molecule has 21 nitrogen and oxygen atoms in total. The van der Waals surface area contributed by atoms with Gasteiger partial charge in [0.2, 0.25) is 17.8 Å². The van der Waals surface area contributed by atoms with Gasteiger partial charge in [-0.3, -0.25) is 23.7 Å². The molecule has 0 unspecified atom stereocenters. The van der Waals surface area contributed by atoms with Crippen molar-refractivity contribution in [2.45, 2.75) is 9.79 Å². The second-order valence-electron chi connectivity index (χ2n) is 15.2. The van der Waals surface area contributed by atoms with Crippen molar-refractivity contribution in [3.05, 3.63) is 154 Å². The van der Waals surface area contributed by atoms with Gasteiger partial charge in [-0.25, -0.2) is 0 Å². The average Bonchev–Trinajstić information content (AvgIpc) is 3.29. The number of anilines is 11. The monoisotopic (exact) mass is 956 g/mol. The molecule has 0 atom stereocenters. The number of aromatic nitrogens is 3. The number of rotatable bonds is 13. The van der Waals surface area contributed by atoms with E-state index in [1.165, 1.54) is 24.3 Å². The zero-order valence-corrected chi connectivity index (χ0v) is 36.4.